The molecule has 0 aliphatic heterocycles. The normalized spacial score (nSPS) is 11.4. The van der Waals surface area contributed by atoms with Gasteiger partial charge in [-0.2, -0.15) is 5.10 Å². The van der Waals surface area contributed by atoms with Gasteiger partial charge in [0.15, 0.2) is 17.4 Å². The van der Waals surface area contributed by atoms with Gasteiger partial charge in [-0.05, 0) is 38.1 Å². The lowest BCUT2D eigenvalue weighted by molar-refractivity contribution is 0.759. The molecule has 0 saturated carbocycles. The molecular formula is C21H25IN8. The molecule has 0 fully saturated rings. The third-order valence-corrected chi connectivity index (χ3v) is 4.90. The lowest BCUT2D eigenvalue weighted by atomic mass is 10.2. The summed E-state index contributed by atoms with van der Waals surface area (Å²) in [6.07, 6.45) is 1.95. The summed E-state index contributed by atoms with van der Waals surface area (Å²) in [4.78, 5) is 4.32. The second kappa shape index (κ2) is 9.70. The molecule has 9 heteroatoms. The fourth-order valence-electron chi connectivity index (χ4n) is 3.32. The summed E-state index contributed by atoms with van der Waals surface area (Å²) in [5.41, 5.74) is 5.15. The maximum atomic E-state index is 4.70. The molecule has 156 valence electrons. The zero-order valence-corrected chi connectivity index (χ0v) is 19.5. The van der Waals surface area contributed by atoms with E-state index in [1.54, 1.807) is 7.05 Å². The van der Waals surface area contributed by atoms with E-state index in [0.717, 1.165) is 34.1 Å². The quantitative estimate of drug-likeness (QED) is 0.242. The molecule has 0 aliphatic carbocycles. The lowest BCUT2D eigenvalue weighted by Gasteiger charge is -2.12. The summed E-state index contributed by atoms with van der Waals surface area (Å²) in [6.45, 7) is 5.27. The highest BCUT2D eigenvalue weighted by Gasteiger charge is 2.13. The molecule has 3 aromatic heterocycles. The maximum Gasteiger partial charge on any atom is 0.191 e. The Hall–Kier alpha value is -2.95. The number of nitrogens with zero attached hydrogens (tertiary/aromatic N) is 6. The molecule has 0 spiro atoms. The van der Waals surface area contributed by atoms with Crippen molar-refractivity contribution in [3.05, 3.63) is 77.5 Å². The topological polar surface area (TPSA) is 84.4 Å². The number of guanidine groups is 1. The van der Waals surface area contributed by atoms with Crippen LogP contribution in [0.15, 0.2) is 59.7 Å². The van der Waals surface area contributed by atoms with Crippen LogP contribution in [0.25, 0.3) is 11.3 Å². The summed E-state index contributed by atoms with van der Waals surface area (Å²) in [7, 11) is 1.75. The second-order valence-electron chi connectivity index (χ2n) is 6.72. The highest BCUT2D eigenvalue weighted by atomic mass is 127. The molecule has 1 aromatic carbocycles. The number of aliphatic imine (C=N–C) groups is 1. The largest absolute Gasteiger partial charge is 0.352 e. The molecule has 4 rings (SSSR count). The van der Waals surface area contributed by atoms with Gasteiger partial charge in [-0.1, -0.05) is 24.3 Å². The minimum absolute atomic E-state index is 0. The minimum Gasteiger partial charge on any atom is -0.352 e. The smallest absolute Gasteiger partial charge is 0.191 e. The first-order valence-electron chi connectivity index (χ1n) is 9.51. The van der Waals surface area contributed by atoms with Crippen molar-refractivity contribution in [1.82, 2.24) is 35.0 Å². The Bertz CT molecular complexity index is 1150. The van der Waals surface area contributed by atoms with E-state index in [4.69, 9.17) is 5.10 Å². The Balaban J connectivity index is 0.00000256. The van der Waals surface area contributed by atoms with Crippen LogP contribution in [0.5, 0.6) is 0 Å². The molecule has 4 aromatic rings. The van der Waals surface area contributed by atoms with Gasteiger partial charge < -0.3 is 10.6 Å². The van der Waals surface area contributed by atoms with Crippen molar-refractivity contribution in [3.8, 4) is 5.69 Å². The molecule has 0 saturated heterocycles. The van der Waals surface area contributed by atoms with Gasteiger partial charge in [0.1, 0.15) is 0 Å². The standard InChI is InChI=1S/C21H24N8.HI/c1-15-18(16(2)29(27-15)17-9-5-4-6-10-17)13-23-21(22-3)24-14-20-26-25-19-11-7-8-12-28(19)20;/h4-12H,13-14H2,1-3H3,(H2,22,23,24);1H. The molecule has 0 unspecified atom stereocenters. The second-order valence-corrected chi connectivity index (χ2v) is 6.72. The van der Waals surface area contributed by atoms with Crippen LogP contribution in [0.4, 0.5) is 0 Å². The third-order valence-electron chi connectivity index (χ3n) is 4.90. The SMILES string of the molecule is CN=C(NCc1c(C)nn(-c2ccccc2)c1C)NCc1nnc2ccccn12.I. The predicted molar refractivity (Wildman–Crippen MR) is 128 cm³/mol. The highest BCUT2D eigenvalue weighted by molar-refractivity contribution is 14.0. The number of halogens is 1. The van der Waals surface area contributed by atoms with Crippen LogP contribution >= 0.6 is 24.0 Å². The summed E-state index contributed by atoms with van der Waals surface area (Å²) in [6, 6.07) is 16.0. The molecule has 3 heterocycles. The first kappa shape index (κ1) is 21.8. The number of benzene rings is 1. The van der Waals surface area contributed by atoms with Gasteiger partial charge in [0.05, 0.1) is 17.9 Å². The zero-order chi connectivity index (χ0) is 20.2. The molecule has 0 atom stereocenters. The van der Waals surface area contributed by atoms with E-state index >= 15 is 0 Å². The van der Waals surface area contributed by atoms with Crippen molar-refractivity contribution in [3.63, 3.8) is 0 Å². The van der Waals surface area contributed by atoms with E-state index in [9.17, 15) is 0 Å². The van der Waals surface area contributed by atoms with Crippen molar-refractivity contribution in [1.29, 1.82) is 0 Å². The van der Waals surface area contributed by atoms with Gasteiger partial charge in [0.25, 0.3) is 0 Å². The Morgan fingerprint density at radius 1 is 0.967 bits per heavy atom. The van der Waals surface area contributed by atoms with Gasteiger partial charge >= 0.3 is 0 Å². The van der Waals surface area contributed by atoms with Crippen LogP contribution in [0.1, 0.15) is 22.8 Å². The zero-order valence-electron chi connectivity index (χ0n) is 17.2. The third kappa shape index (κ3) is 4.45. The maximum absolute atomic E-state index is 4.70. The van der Waals surface area contributed by atoms with Crippen LogP contribution in [-0.2, 0) is 13.1 Å². The van der Waals surface area contributed by atoms with Gasteiger partial charge in [-0.25, -0.2) is 4.68 Å². The monoisotopic (exact) mass is 516 g/mol. The van der Waals surface area contributed by atoms with E-state index in [1.807, 2.05) is 58.6 Å². The molecule has 0 amide bonds. The first-order chi connectivity index (χ1) is 14.2. The predicted octanol–water partition coefficient (Wildman–Crippen LogP) is 3.02. The average molecular weight is 516 g/mol. The summed E-state index contributed by atoms with van der Waals surface area (Å²) in [5.74, 6) is 1.52. The number of aromatic nitrogens is 5. The fraction of sp³-hybridized carbons (Fsp3) is 0.238. The van der Waals surface area contributed by atoms with Crippen LogP contribution in [0.2, 0.25) is 0 Å². The van der Waals surface area contributed by atoms with E-state index < -0.39 is 0 Å². The van der Waals surface area contributed by atoms with Gasteiger partial charge in [-0.3, -0.25) is 9.39 Å². The van der Waals surface area contributed by atoms with E-state index in [2.05, 4.69) is 44.9 Å². The molecule has 0 aliphatic rings. The van der Waals surface area contributed by atoms with Crippen molar-refractivity contribution < 1.29 is 0 Å². The molecule has 8 nitrogen and oxygen atoms in total. The Morgan fingerprint density at radius 3 is 2.47 bits per heavy atom. The summed E-state index contributed by atoms with van der Waals surface area (Å²) in [5, 5.41) is 19.8. The van der Waals surface area contributed by atoms with E-state index in [0.29, 0.717) is 19.0 Å². The number of nitrogens with one attached hydrogen (secondary N) is 2. The molecular weight excluding hydrogens is 491 g/mol. The Labute approximate surface area is 192 Å². The highest BCUT2D eigenvalue weighted by Crippen LogP contribution is 2.17. The Kier molecular flexibility index (Phi) is 7.03. The number of hydrogen-bond acceptors (Lipinski definition) is 4. The van der Waals surface area contributed by atoms with Crippen LogP contribution in [-0.4, -0.2) is 37.4 Å². The van der Waals surface area contributed by atoms with Gasteiger partial charge in [0, 0.05) is 31.0 Å². The van der Waals surface area contributed by atoms with Crippen LogP contribution < -0.4 is 10.6 Å². The number of rotatable bonds is 5. The molecule has 0 bridgehead atoms. The summed E-state index contributed by atoms with van der Waals surface area (Å²) < 4.78 is 3.93. The van der Waals surface area contributed by atoms with E-state index in [1.165, 1.54) is 0 Å². The fourth-order valence-corrected chi connectivity index (χ4v) is 3.32. The number of pyridine rings is 1. The lowest BCUT2D eigenvalue weighted by Crippen LogP contribution is -2.37. The van der Waals surface area contributed by atoms with Crippen molar-refractivity contribution in [2.75, 3.05) is 7.05 Å². The van der Waals surface area contributed by atoms with Gasteiger partial charge in [-0.15, -0.1) is 34.2 Å². The van der Waals surface area contributed by atoms with E-state index in [-0.39, 0.29) is 24.0 Å². The molecule has 30 heavy (non-hydrogen) atoms. The number of fused-ring (bicyclic) bond motifs is 1. The van der Waals surface area contributed by atoms with Crippen molar-refractivity contribution >= 4 is 35.6 Å². The molecule has 2 N–H and O–H groups in total. The number of aryl methyl sites for hydroxylation is 1. The minimum atomic E-state index is 0. The first-order valence-corrected chi connectivity index (χ1v) is 9.51. The van der Waals surface area contributed by atoms with Crippen LogP contribution in [0.3, 0.4) is 0 Å². The van der Waals surface area contributed by atoms with Gasteiger partial charge in [0.2, 0.25) is 0 Å². The van der Waals surface area contributed by atoms with Crippen LogP contribution in [0, 0.1) is 13.8 Å². The number of para-hydroxylation sites is 1. The Morgan fingerprint density at radius 2 is 1.70 bits per heavy atom. The van der Waals surface area contributed by atoms with Crippen molar-refractivity contribution in [2.24, 2.45) is 4.99 Å². The average Bonchev–Trinajstić information content (AvgIpc) is 3.30. The summed E-state index contributed by atoms with van der Waals surface area (Å²) >= 11 is 0. The van der Waals surface area contributed by atoms with Crippen molar-refractivity contribution in [2.45, 2.75) is 26.9 Å². The molecule has 0 radical (unpaired) electrons. The number of hydrogen-bond donors (Lipinski definition) is 2.